The molecule has 6 heteroatoms. The zero-order chi connectivity index (χ0) is 18.1. The van der Waals surface area contributed by atoms with Crippen LogP contribution in [-0.2, 0) is 9.59 Å². The molecule has 0 saturated carbocycles. The molecule has 1 aliphatic heterocycles. The molecular formula is C19H15ClN2O3. The summed E-state index contributed by atoms with van der Waals surface area (Å²) in [5.41, 5.74) is 2.67. The van der Waals surface area contributed by atoms with Crippen molar-refractivity contribution >= 4 is 41.2 Å². The van der Waals surface area contributed by atoms with Crippen molar-refractivity contribution in [1.82, 2.24) is 5.32 Å². The molecule has 2 aromatic carbocycles. The van der Waals surface area contributed by atoms with Crippen molar-refractivity contribution in [2.45, 2.75) is 13.8 Å². The van der Waals surface area contributed by atoms with E-state index in [1.165, 1.54) is 12.1 Å². The molecule has 0 unspecified atom stereocenters. The van der Waals surface area contributed by atoms with Gasteiger partial charge in [-0.05, 0) is 48.7 Å². The van der Waals surface area contributed by atoms with E-state index >= 15 is 0 Å². The average Bonchev–Trinajstić information content (AvgIpc) is 2.56. The van der Waals surface area contributed by atoms with E-state index in [-0.39, 0.29) is 5.57 Å². The Morgan fingerprint density at radius 3 is 2.40 bits per heavy atom. The van der Waals surface area contributed by atoms with Crippen molar-refractivity contribution in [2.24, 2.45) is 0 Å². The smallest absolute Gasteiger partial charge is 0.273 e. The Morgan fingerprint density at radius 2 is 1.72 bits per heavy atom. The van der Waals surface area contributed by atoms with E-state index in [1.54, 1.807) is 18.2 Å². The Balaban J connectivity index is 2.05. The van der Waals surface area contributed by atoms with E-state index < -0.39 is 17.8 Å². The summed E-state index contributed by atoms with van der Waals surface area (Å²) in [6, 6.07) is 11.4. The van der Waals surface area contributed by atoms with Crippen LogP contribution in [0.4, 0.5) is 10.5 Å². The number of halogens is 1. The minimum atomic E-state index is -0.795. The molecular weight excluding hydrogens is 340 g/mol. The second kappa shape index (κ2) is 6.53. The van der Waals surface area contributed by atoms with E-state index in [1.807, 2.05) is 32.0 Å². The molecule has 2 aromatic rings. The predicted molar refractivity (Wildman–Crippen MR) is 96.4 cm³/mol. The summed E-state index contributed by atoms with van der Waals surface area (Å²) in [5, 5.41) is 2.63. The number of aryl methyl sites for hydroxylation is 2. The minimum absolute atomic E-state index is 0.106. The maximum Gasteiger partial charge on any atom is 0.335 e. The molecule has 0 aromatic heterocycles. The van der Waals surface area contributed by atoms with Crippen LogP contribution in [0.1, 0.15) is 16.7 Å². The van der Waals surface area contributed by atoms with Crippen LogP contribution in [0.15, 0.2) is 48.0 Å². The van der Waals surface area contributed by atoms with E-state index in [0.717, 1.165) is 21.6 Å². The van der Waals surface area contributed by atoms with E-state index in [0.29, 0.717) is 10.7 Å². The highest BCUT2D eigenvalue weighted by Gasteiger charge is 2.37. The lowest BCUT2D eigenvalue weighted by Gasteiger charge is -2.26. The zero-order valence-electron chi connectivity index (χ0n) is 13.7. The molecule has 0 aliphatic carbocycles. The number of carbonyl (C=O) groups excluding carboxylic acids is 3. The van der Waals surface area contributed by atoms with Crippen molar-refractivity contribution in [2.75, 3.05) is 4.90 Å². The first-order valence-corrected chi connectivity index (χ1v) is 7.99. The lowest BCUT2D eigenvalue weighted by molar-refractivity contribution is -0.122. The highest BCUT2D eigenvalue weighted by atomic mass is 35.5. The van der Waals surface area contributed by atoms with Gasteiger partial charge in [-0.2, -0.15) is 0 Å². The Bertz CT molecular complexity index is 934. The Hall–Kier alpha value is -2.92. The third-order valence-corrected chi connectivity index (χ3v) is 4.41. The standard InChI is InChI=1S/C19H15ClN2O3/c1-11-5-3-4-6-13(11)9-15-17(23)21-19(25)22(18(15)24)14-8-7-12(2)16(20)10-14/h3-10H,1-2H3,(H,21,23,25)/b15-9-. The number of hydrogen-bond acceptors (Lipinski definition) is 3. The maximum absolute atomic E-state index is 12.8. The van der Waals surface area contributed by atoms with Crippen LogP contribution >= 0.6 is 11.6 Å². The molecule has 1 saturated heterocycles. The number of nitrogens with one attached hydrogen (secondary N) is 1. The molecule has 4 amide bonds. The lowest BCUT2D eigenvalue weighted by Crippen LogP contribution is -2.54. The van der Waals surface area contributed by atoms with Gasteiger partial charge in [0.1, 0.15) is 5.57 Å². The highest BCUT2D eigenvalue weighted by molar-refractivity contribution is 6.39. The largest absolute Gasteiger partial charge is 0.335 e. The quantitative estimate of drug-likeness (QED) is 0.661. The van der Waals surface area contributed by atoms with Crippen LogP contribution in [-0.4, -0.2) is 17.8 Å². The van der Waals surface area contributed by atoms with Crippen LogP contribution in [0.2, 0.25) is 5.02 Å². The normalized spacial score (nSPS) is 16.4. The molecule has 1 N–H and O–H groups in total. The molecule has 1 heterocycles. The highest BCUT2D eigenvalue weighted by Crippen LogP contribution is 2.26. The monoisotopic (exact) mass is 354 g/mol. The van der Waals surface area contributed by atoms with Crippen LogP contribution in [0.5, 0.6) is 0 Å². The molecule has 1 fully saturated rings. The van der Waals surface area contributed by atoms with Gasteiger partial charge in [-0.25, -0.2) is 9.69 Å². The van der Waals surface area contributed by atoms with Crippen molar-refractivity contribution < 1.29 is 14.4 Å². The third kappa shape index (κ3) is 3.19. The van der Waals surface area contributed by atoms with Gasteiger partial charge in [0.25, 0.3) is 11.8 Å². The summed E-state index contributed by atoms with van der Waals surface area (Å²) in [6.45, 7) is 3.69. The number of hydrogen-bond donors (Lipinski definition) is 1. The first-order chi connectivity index (χ1) is 11.9. The molecule has 0 atom stereocenters. The first-order valence-electron chi connectivity index (χ1n) is 7.61. The molecule has 0 radical (unpaired) electrons. The Labute approximate surface area is 149 Å². The van der Waals surface area contributed by atoms with Crippen molar-refractivity contribution in [3.63, 3.8) is 0 Å². The Morgan fingerprint density at radius 1 is 1.00 bits per heavy atom. The number of urea groups is 1. The fourth-order valence-corrected chi connectivity index (χ4v) is 2.69. The average molecular weight is 355 g/mol. The Kier molecular flexibility index (Phi) is 4.42. The number of benzene rings is 2. The zero-order valence-corrected chi connectivity index (χ0v) is 14.4. The van der Waals surface area contributed by atoms with Gasteiger partial charge in [0, 0.05) is 5.02 Å². The molecule has 3 rings (SSSR count). The maximum atomic E-state index is 12.8. The van der Waals surface area contributed by atoms with Crippen molar-refractivity contribution in [3.05, 3.63) is 69.8 Å². The summed E-state index contributed by atoms with van der Waals surface area (Å²) >= 11 is 6.09. The van der Waals surface area contributed by atoms with Crippen LogP contribution in [0.3, 0.4) is 0 Å². The summed E-state index contributed by atoms with van der Waals surface area (Å²) in [5.74, 6) is -1.40. The number of nitrogens with zero attached hydrogens (tertiary/aromatic N) is 1. The van der Waals surface area contributed by atoms with Crippen LogP contribution < -0.4 is 10.2 Å². The fraction of sp³-hybridized carbons (Fsp3) is 0.105. The van der Waals surface area contributed by atoms with Gasteiger partial charge in [0.15, 0.2) is 0 Å². The summed E-state index contributed by atoms with van der Waals surface area (Å²) in [6.07, 6.45) is 1.49. The third-order valence-electron chi connectivity index (χ3n) is 4.00. The number of anilines is 1. The number of carbonyl (C=O) groups is 3. The van der Waals surface area contributed by atoms with E-state index in [2.05, 4.69) is 5.32 Å². The van der Waals surface area contributed by atoms with Gasteiger partial charge >= 0.3 is 6.03 Å². The number of imide groups is 2. The number of rotatable bonds is 2. The first kappa shape index (κ1) is 16.9. The number of amides is 4. The SMILES string of the molecule is Cc1ccc(N2C(=O)NC(=O)/C(=C/c3ccccc3C)C2=O)cc1Cl. The second-order valence-electron chi connectivity index (χ2n) is 5.75. The lowest BCUT2D eigenvalue weighted by atomic mass is 10.0. The van der Waals surface area contributed by atoms with Crippen molar-refractivity contribution in [3.8, 4) is 0 Å². The van der Waals surface area contributed by atoms with Gasteiger partial charge in [-0.3, -0.25) is 14.9 Å². The molecule has 1 aliphatic rings. The topological polar surface area (TPSA) is 66.5 Å². The summed E-state index contributed by atoms with van der Waals surface area (Å²) in [7, 11) is 0. The fourth-order valence-electron chi connectivity index (χ4n) is 2.52. The summed E-state index contributed by atoms with van der Waals surface area (Å²) < 4.78 is 0. The summed E-state index contributed by atoms with van der Waals surface area (Å²) in [4.78, 5) is 38.0. The second-order valence-corrected chi connectivity index (χ2v) is 6.16. The predicted octanol–water partition coefficient (Wildman–Crippen LogP) is 3.62. The van der Waals surface area contributed by atoms with Crippen molar-refractivity contribution in [1.29, 1.82) is 0 Å². The van der Waals surface area contributed by atoms with Gasteiger partial charge in [0.05, 0.1) is 5.69 Å². The van der Waals surface area contributed by atoms with E-state index in [9.17, 15) is 14.4 Å². The molecule has 5 nitrogen and oxygen atoms in total. The van der Waals surface area contributed by atoms with Gasteiger partial charge in [0.2, 0.25) is 0 Å². The molecule has 25 heavy (non-hydrogen) atoms. The van der Waals surface area contributed by atoms with Crippen LogP contribution in [0, 0.1) is 13.8 Å². The number of barbiturate groups is 1. The molecule has 126 valence electrons. The van der Waals surface area contributed by atoms with E-state index in [4.69, 9.17) is 11.6 Å². The van der Waals surface area contributed by atoms with Crippen LogP contribution in [0.25, 0.3) is 6.08 Å². The molecule has 0 spiro atoms. The van der Waals surface area contributed by atoms with Gasteiger partial charge in [-0.15, -0.1) is 0 Å². The van der Waals surface area contributed by atoms with Gasteiger partial charge < -0.3 is 0 Å². The van der Waals surface area contributed by atoms with Gasteiger partial charge in [-0.1, -0.05) is 41.9 Å². The minimum Gasteiger partial charge on any atom is -0.273 e. The molecule has 0 bridgehead atoms.